The molecule has 0 saturated carbocycles. The van der Waals surface area contributed by atoms with Crippen LogP contribution in [0.3, 0.4) is 0 Å². The van der Waals surface area contributed by atoms with Crippen LogP contribution in [-0.4, -0.2) is 16.6 Å². The van der Waals surface area contributed by atoms with E-state index in [9.17, 15) is 19.7 Å². The third kappa shape index (κ3) is 3.72. The highest BCUT2D eigenvalue weighted by atomic mass is 16.6. The Hall–Kier alpha value is -3.09. The molecule has 0 saturated heterocycles. The predicted octanol–water partition coefficient (Wildman–Crippen LogP) is 1.72. The number of amides is 1. The summed E-state index contributed by atoms with van der Waals surface area (Å²) in [5.41, 5.74) is 0.458. The fourth-order valence-electron chi connectivity index (χ4n) is 1.92. The molecule has 0 fully saturated rings. The molecule has 0 bridgehead atoms. The SMILES string of the molecule is CC(=O)c1ccc[n+](CC(=O)Nc2ccccc2[N+](=O)[O-])c1. The van der Waals surface area contributed by atoms with Crippen molar-refractivity contribution in [3.8, 4) is 0 Å². The van der Waals surface area contributed by atoms with Crippen LogP contribution in [0.5, 0.6) is 0 Å². The molecule has 0 atom stereocenters. The zero-order valence-electron chi connectivity index (χ0n) is 11.9. The molecule has 1 N–H and O–H groups in total. The minimum atomic E-state index is -0.556. The third-order valence-electron chi connectivity index (χ3n) is 2.97. The van der Waals surface area contributed by atoms with Crippen molar-refractivity contribution in [3.05, 3.63) is 64.5 Å². The Bertz CT molecular complexity index is 743. The molecule has 112 valence electrons. The third-order valence-corrected chi connectivity index (χ3v) is 2.97. The number of Topliss-reactive ketones (excluding diaryl/α,β-unsaturated/α-hetero) is 1. The Balaban J connectivity index is 2.12. The number of hydrogen-bond acceptors (Lipinski definition) is 4. The van der Waals surface area contributed by atoms with Gasteiger partial charge in [0.2, 0.25) is 6.54 Å². The number of nitro benzene ring substituents is 1. The average Bonchev–Trinajstić information content (AvgIpc) is 2.47. The van der Waals surface area contributed by atoms with E-state index < -0.39 is 10.8 Å². The number of pyridine rings is 1. The molecule has 1 aromatic carbocycles. The lowest BCUT2D eigenvalue weighted by atomic mass is 10.2. The first-order valence-electron chi connectivity index (χ1n) is 6.50. The van der Waals surface area contributed by atoms with E-state index in [1.54, 1.807) is 35.2 Å². The van der Waals surface area contributed by atoms with E-state index in [1.807, 2.05) is 0 Å². The molecule has 0 aliphatic heterocycles. The van der Waals surface area contributed by atoms with Crippen molar-refractivity contribution in [1.29, 1.82) is 0 Å². The van der Waals surface area contributed by atoms with Crippen molar-refractivity contribution in [2.24, 2.45) is 0 Å². The van der Waals surface area contributed by atoms with Gasteiger partial charge in [-0.1, -0.05) is 12.1 Å². The number of hydrogen-bond donors (Lipinski definition) is 1. The van der Waals surface area contributed by atoms with E-state index in [4.69, 9.17) is 0 Å². The number of nitro groups is 1. The molecular weight excluding hydrogens is 286 g/mol. The largest absolute Gasteiger partial charge is 0.315 e. The number of carbonyl (C=O) groups excluding carboxylic acids is 2. The molecule has 7 nitrogen and oxygen atoms in total. The maximum Gasteiger partial charge on any atom is 0.292 e. The van der Waals surface area contributed by atoms with Gasteiger partial charge in [-0.25, -0.2) is 0 Å². The molecule has 22 heavy (non-hydrogen) atoms. The van der Waals surface area contributed by atoms with Gasteiger partial charge >= 0.3 is 0 Å². The van der Waals surface area contributed by atoms with Crippen molar-refractivity contribution in [3.63, 3.8) is 0 Å². The lowest BCUT2D eigenvalue weighted by Crippen LogP contribution is -2.40. The number of benzene rings is 1. The van der Waals surface area contributed by atoms with Crippen LogP contribution < -0.4 is 9.88 Å². The Labute approximate surface area is 126 Å². The van der Waals surface area contributed by atoms with E-state index in [0.29, 0.717) is 5.56 Å². The van der Waals surface area contributed by atoms with Crippen LogP contribution in [0.2, 0.25) is 0 Å². The molecular formula is C15H14N3O4+. The molecule has 2 rings (SSSR count). The highest BCUT2D eigenvalue weighted by molar-refractivity contribution is 5.93. The zero-order valence-corrected chi connectivity index (χ0v) is 11.9. The van der Waals surface area contributed by atoms with Crippen LogP contribution >= 0.6 is 0 Å². The first kappa shape index (κ1) is 15.3. The number of nitrogens with zero attached hydrogens (tertiary/aromatic N) is 2. The summed E-state index contributed by atoms with van der Waals surface area (Å²) in [7, 11) is 0. The summed E-state index contributed by atoms with van der Waals surface area (Å²) < 4.78 is 1.54. The first-order valence-corrected chi connectivity index (χ1v) is 6.50. The second kappa shape index (κ2) is 6.57. The van der Waals surface area contributed by atoms with Gasteiger partial charge in [0.05, 0.1) is 10.5 Å². The summed E-state index contributed by atoms with van der Waals surface area (Å²) in [5, 5.41) is 13.4. The number of aromatic nitrogens is 1. The highest BCUT2D eigenvalue weighted by Gasteiger charge is 2.17. The Morgan fingerprint density at radius 1 is 1.23 bits per heavy atom. The molecule has 7 heteroatoms. The maximum absolute atomic E-state index is 12.0. The first-order chi connectivity index (χ1) is 10.5. The molecule has 0 spiro atoms. The van der Waals surface area contributed by atoms with Gasteiger partial charge in [-0.3, -0.25) is 19.7 Å². The smallest absolute Gasteiger partial charge is 0.292 e. The van der Waals surface area contributed by atoms with E-state index in [2.05, 4.69) is 5.32 Å². The topological polar surface area (TPSA) is 93.2 Å². The van der Waals surface area contributed by atoms with Gasteiger partial charge in [0, 0.05) is 12.1 Å². The Kier molecular flexibility index (Phi) is 4.57. The second-order valence-electron chi connectivity index (χ2n) is 4.64. The molecule has 0 aliphatic rings. The van der Waals surface area contributed by atoms with Crippen LogP contribution in [0.25, 0.3) is 0 Å². The summed E-state index contributed by atoms with van der Waals surface area (Å²) in [6.07, 6.45) is 3.20. The molecule has 0 aliphatic carbocycles. The highest BCUT2D eigenvalue weighted by Crippen LogP contribution is 2.22. The van der Waals surface area contributed by atoms with Gasteiger partial charge in [0.15, 0.2) is 18.2 Å². The van der Waals surface area contributed by atoms with Crippen LogP contribution in [-0.2, 0) is 11.3 Å². The lowest BCUT2D eigenvalue weighted by molar-refractivity contribution is -0.684. The molecule has 1 aromatic heterocycles. The summed E-state index contributed by atoms with van der Waals surface area (Å²) in [5.74, 6) is -0.520. The van der Waals surface area contributed by atoms with E-state index in [1.165, 1.54) is 25.1 Å². The monoisotopic (exact) mass is 300 g/mol. The van der Waals surface area contributed by atoms with Gasteiger partial charge in [-0.15, -0.1) is 0 Å². The van der Waals surface area contributed by atoms with Crippen LogP contribution in [0.15, 0.2) is 48.8 Å². The van der Waals surface area contributed by atoms with E-state index in [-0.39, 0.29) is 23.7 Å². The van der Waals surface area contributed by atoms with Gasteiger partial charge in [0.1, 0.15) is 5.69 Å². The zero-order chi connectivity index (χ0) is 16.1. The lowest BCUT2D eigenvalue weighted by Gasteiger charge is -2.04. The van der Waals surface area contributed by atoms with E-state index >= 15 is 0 Å². The van der Waals surface area contributed by atoms with Crippen molar-refractivity contribution < 1.29 is 19.1 Å². The number of carbonyl (C=O) groups is 2. The number of rotatable bonds is 5. The van der Waals surface area contributed by atoms with Crippen LogP contribution in [0, 0.1) is 10.1 Å². The Morgan fingerprint density at radius 3 is 2.64 bits per heavy atom. The van der Waals surface area contributed by atoms with Crippen molar-refractivity contribution in [2.45, 2.75) is 13.5 Å². The van der Waals surface area contributed by atoms with E-state index in [0.717, 1.165) is 0 Å². The maximum atomic E-state index is 12.0. The quantitative estimate of drug-likeness (QED) is 0.394. The summed E-state index contributed by atoms with van der Waals surface area (Å²) in [6.45, 7) is 1.39. The number of nitrogens with one attached hydrogen (secondary N) is 1. The van der Waals surface area contributed by atoms with Gasteiger partial charge in [-0.05, 0) is 19.1 Å². The standard InChI is InChI=1S/C15H13N3O4/c1-11(19)12-5-4-8-17(9-12)10-15(20)16-13-6-2-3-7-14(13)18(21)22/h2-9H,10H2,1H3/p+1. The minimum Gasteiger partial charge on any atom is -0.315 e. The molecule has 1 heterocycles. The molecule has 1 amide bonds. The van der Waals surface area contributed by atoms with Gasteiger partial charge in [0.25, 0.3) is 11.6 Å². The van der Waals surface area contributed by atoms with Crippen LogP contribution in [0.4, 0.5) is 11.4 Å². The number of para-hydroxylation sites is 2. The van der Waals surface area contributed by atoms with Gasteiger partial charge in [-0.2, -0.15) is 4.57 Å². The predicted molar refractivity (Wildman–Crippen MR) is 78.4 cm³/mol. The summed E-state index contributed by atoms with van der Waals surface area (Å²) in [4.78, 5) is 33.6. The number of anilines is 1. The van der Waals surface area contributed by atoms with Crippen molar-refractivity contribution in [1.82, 2.24) is 0 Å². The Morgan fingerprint density at radius 2 is 1.95 bits per heavy atom. The molecule has 0 unspecified atom stereocenters. The fourth-order valence-corrected chi connectivity index (χ4v) is 1.92. The average molecular weight is 300 g/mol. The summed E-state index contributed by atoms with van der Waals surface area (Å²) in [6, 6.07) is 9.23. The normalized spacial score (nSPS) is 10.0. The summed E-state index contributed by atoms with van der Waals surface area (Å²) >= 11 is 0. The number of ketones is 1. The van der Waals surface area contributed by atoms with Crippen molar-refractivity contribution >= 4 is 23.1 Å². The fraction of sp³-hybridized carbons (Fsp3) is 0.133. The molecule has 0 radical (unpaired) electrons. The van der Waals surface area contributed by atoms with Gasteiger partial charge < -0.3 is 5.32 Å². The minimum absolute atomic E-state index is 0.0484. The second-order valence-corrected chi connectivity index (χ2v) is 4.64. The van der Waals surface area contributed by atoms with Crippen molar-refractivity contribution in [2.75, 3.05) is 5.32 Å². The molecule has 2 aromatic rings. The van der Waals surface area contributed by atoms with Crippen LogP contribution in [0.1, 0.15) is 17.3 Å².